The molecule has 1 heterocycles. The summed E-state index contributed by atoms with van der Waals surface area (Å²) in [6.07, 6.45) is 2.22. The molecule has 1 saturated heterocycles. The highest BCUT2D eigenvalue weighted by Crippen LogP contribution is 2.64. The monoisotopic (exact) mass is 259 g/mol. The molecule has 3 atom stereocenters. The van der Waals surface area contributed by atoms with Crippen molar-refractivity contribution in [3.05, 3.63) is 0 Å². The Bertz CT molecular complexity index is 480. The van der Waals surface area contributed by atoms with Gasteiger partial charge in [-0.25, -0.2) is 8.42 Å². The smallest absolute Gasteiger partial charge is 0.239 e. The standard InChI is InChI=1S/C11H17NO4S/c1-10(2)8-3-4-11(10,9(13)5-8)6-17(14,15)12-7-16-12/h8H,3-7H2,1-2H3/t8?,11-,12?/m0/s1. The van der Waals surface area contributed by atoms with Crippen molar-refractivity contribution in [3.8, 4) is 0 Å². The lowest BCUT2D eigenvalue weighted by molar-refractivity contribution is -0.128. The Kier molecular flexibility index (Phi) is 2.12. The fourth-order valence-electron chi connectivity index (χ4n) is 3.68. The Morgan fingerprint density at radius 3 is 2.53 bits per heavy atom. The summed E-state index contributed by atoms with van der Waals surface area (Å²) in [6.45, 7) is 4.21. The number of hydrogen-bond donors (Lipinski definition) is 0. The highest BCUT2D eigenvalue weighted by molar-refractivity contribution is 7.89. The minimum absolute atomic E-state index is 0.0810. The number of ketones is 1. The fraction of sp³-hybridized carbons (Fsp3) is 0.909. The number of carbonyl (C=O) groups is 1. The van der Waals surface area contributed by atoms with Crippen molar-refractivity contribution >= 4 is 15.8 Å². The van der Waals surface area contributed by atoms with Gasteiger partial charge in [-0.05, 0) is 24.2 Å². The van der Waals surface area contributed by atoms with E-state index in [1.54, 1.807) is 0 Å². The van der Waals surface area contributed by atoms with E-state index >= 15 is 0 Å². The van der Waals surface area contributed by atoms with E-state index in [2.05, 4.69) is 0 Å². The van der Waals surface area contributed by atoms with E-state index in [1.165, 1.54) is 0 Å². The Morgan fingerprint density at radius 1 is 1.47 bits per heavy atom. The molecule has 0 aromatic rings. The van der Waals surface area contributed by atoms with Crippen LogP contribution in [-0.4, -0.2) is 31.2 Å². The fourth-order valence-corrected chi connectivity index (χ4v) is 5.49. The van der Waals surface area contributed by atoms with Crippen LogP contribution in [0.2, 0.25) is 0 Å². The van der Waals surface area contributed by atoms with Crippen LogP contribution in [-0.2, 0) is 19.7 Å². The molecule has 3 rings (SSSR count). The van der Waals surface area contributed by atoms with E-state index in [0.717, 1.165) is 10.9 Å². The molecule has 0 radical (unpaired) electrons. The predicted octanol–water partition coefficient (Wildman–Crippen LogP) is 0.916. The lowest BCUT2D eigenvalue weighted by atomic mass is 9.70. The predicted molar refractivity (Wildman–Crippen MR) is 60.1 cm³/mol. The first-order chi connectivity index (χ1) is 7.80. The van der Waals surface area contributed by atoms with Crippen molar-refractivity contribution in [2.45, 2.75) is 33.1 Å². The number of rotatable bonds is 3. The lowest BCUT2D eigenvalue weighted by Crippen LogP contribution is -2.43. The Balaban J connectivity index is 1.97. The van der Waals surface area contributed by atoms with Gasteiger partial charge in [-0.3, -0.25) is 9.63 Å². The summed E-state index contributed by atoms with van der Waals surface area (Å²) < 4.78 is 25.0. The molecular formula is C11H17NO4S. The summed E-state index contributed by atoms with van der Waals surface area (Å²) in [6, 6.07) is 0. The molecule has 2 aliphatic carbocycles. The summed E-state index contributed by atoms with van der Waals surface area (Å²) in [4.78, 5) is 16.9. The van der Waals surface area contributed by atoms with Gasteiger partial charge in [-0.2, -0.15) is 0 Å². The lowest BCUT2D eigenvalue weighted by Gasteiger charge is -2.35. The number of Topliss-reactive ketones (excluding diaryl/α,β-unsaturated/α-hetero) is 1. The molecule has 0 aromatic heterocycles. The van der Waals surface area contributed by atoms with Crippen molar-refractivity contribution in [1.29, 1.82) is 0 Å². The highest BCUT2D eigenvalue weighted by Gasteiger charge is 2.66. The normalized spacial score (nSPS) is 43.1. The quantitative estimate of drug-likeness (QED) is 0.707. The van der Waals surface area contributed by atoms with E-state index in [1.807, 2.05) is 13.8 Å². The molecule has 3 aliphatic rings. The van der Waals surface area contributed by atoms with Crippen LogP contribution in [0.1, 0.15) is 33.1 Å². The molecule has 0 spiro atoms. The minimum atomic E-state index is -3.43. The molecule has 5 nitrogen and oxygen atoms in total. The van der Waals surface area contributed by atoms with E-state index in [-0.39, 0.29) is 23.7 Å². The second-order valence-corrected chi connectivity index (χ2v) is 7.84. The Morgan fingerprint density at radius 2 is 2.12 bits per heavy atom. The maximum atomic E-state index is 12.2. The zero-order valence-corrected chi connectivity index (χ0v) is 10.9. The average Bonchev–Trinajstić information content (AvgIpc) is 2.98. The maximum Gasteiger partial charge on any atom is 0.239 e. The van der Waals surface area contributed by atoms with Gasteiger partial charge >= 0.3 is 0 Å². The molecular weight excluding hydrogens is 242 g/mol. The van der Waals surface area contributed by atoms with Crippen LogP contribution < -0.4 is 0 Å². The van der Waals surface area contributed by atoms with Crippen LogP contribution in [0.3, 0.4) is 0 Å². The summed E-state index contributed by atoms with van der Waals surface area (Å²) in [5, 5.41) is 0. The number of hydrogen-bond acceptors (Lipinski definition) is 4. The van der Waals surface area contributed by atoms with E-state index in [4.69, 9.17) is 4.84 Å². The second-order valence-electron chi connectivity index (χ2n) is 5.98. The molecule has 6 heteroatoms. The molecule has 0 aromatic carbocycles. The Labute approximate surface area is 101 Å². The first-order valence-electron chi connectivity index (χ1n) is 5.96. The molecule has 2 saturated carbocycles. The molecule has 1 aliphatic heterocycles. The minimum Gasteiger partial charge on any atom is -0.299 e. The van der Waals surface area contributed by atoms with E-state index in [9.17, 15) is 13.2 Å². The first-order valence-corrected chi connectivity index (χ1v) is 7.57. The van der Waals surface area contributed by atoms with Gasteiger partial charge in [-0.15, -0.1) is 0 Å². The van der Waals surface area contributed by atoms with Gasteiger partial charge in [-0.1, -0.05) is 18.3 Å². The van der Waals surface area contributed by atoms with Gasteiger partial charge in [0.05, 0.1) is 5.75 Å². The SMILES string of the molecule is CC1(C)C2CC[C@]1(CS(=O)(=O)N1CO1)C(=O)C2. The largest absolute Gasteiger partial charge is 0.299 e. The third-order valence-electron chi connectivity index (χ3n) is 5.11. The van der Waals surface area contributed by atoms with Crippen molar-refractivity contribution in [1.82, 2.24) is 4.47 Å². The topological polar surface area (TPSA) is 66.8 Å². The summed E-state index contributed by atoms with van der Waals surface area (Å²) in [7, 11) is -3.43. The van der Waals surface area contributed by atoms with Crippen LogP contribution in [0, 0.1) is 16.7 Å². The van der Waals surface area contributed by atoms with E-state index < -0.39 is 15.4 Å². The van der Waals surface area contributed by atoms with Crippen LogP contribution in [0.5, 0.6) is 0 Å². The summed E-state index contributed by atoms with van der Waals surface area (Å²) >= 11 is 0. The molecule has 2 unspecified atom stereocenters. The highest BCUT2D eigenvalue weighted by atomic mass is 32.2. The number of carbonyl (C=O) groups excluding carboxylic acids is 1. The van der Waals surface area contributed by atoms with Crippen molar-refractivity contribution in [2.24, 2.45) is 16.7 Å². The van der Waals surface area contributed by atoms with Crippen molar-refractivity contribution in [2.75, 3.05) is 12.5 Å². The number of fused-ring (bicyclic) bond motifs is 2. The van der Waals surface area contributed by atoms with Gasteiger partial charge in [0.1, 0.15) is 5.78 Å². The van der Waals surface area contributed by atoms with Gasteiger partial charge in [0.15, 0.2) is 6.73 Å². The number of sulfonamides is 1. The van der Waals surface area contributed by atoms with Gasteiger partial charge in [0, 0.05) is 11.8 Å². The number of nitrogens with zero attached hydrogens (tertiary/aromatic N) is 1. The molecule has 96 valence electrons. The third-order valence-corrected chi connectivity index (χ3v) is 6.80. The molecule has 2 bridgehead atoms. The zero-order valence-electron chi connectivity index (χ0n) is 10.1. The first kappa shape index (κ1) is 11.6. The molecule has 0 amide bonds. The molecule has 17 heavy (non-hydrogen) atoms. The van der Waals surface area contributed by atoms with Crippen LogP contribution in [0.15, 0.2) is 0 Å². The summed E-state index contributed by atoms with van der Waals surface area (Å²) in [5.74, 6) is 0.395. The van der Waals surface area contributed by atoms with Crippen LogP contribution in [0.25, 0.3) is 0 Å². The van der Waals surface area contributed by atoms with Crippen LogP contribution >= 0.6 is 0 Å². The van der Waals surface area contributed by atoms with Gasteiger partial charge in [0.25, 0.3) is 0 Å². The van der Waals surface area contributed by atoms with Crippen molar-refractivity contribution in [3.63, 3.8) is 0 Å². The number of hydroxylamine groups is 1. The maximum absolute atomic E-state index is 12.2. The average molecular weight is 259 g/mol. The van der Waals surface area contributed by atoms with Crippen molar-refractivity contribution < 1.29 is 18.0 Å². The second kappa shape index (κ2) is 3.10. The Hall–Kier alpha value is -0.460. The zero-order chi connectivity index (χ0) is 12.5. The van der Waals surface area contributed by atoms with Gasteiger partial charge < -0.3 is 0 Å². The third kappa shape index (κ3) is 1.37. The molecule has 3 fully saturated rings. The van der Waals surface area contributed by atoms with Gasteiger partial charge in [0.2, 0.25) is 10.0 Å². The van der Waals surface area contributed by atoms with Crippen LogP contribution in [0.4, 0.5) is 0 Å². The van der Waals surface area contributed by atoms with E-state index in [0.29, 0.717) is 18.8 Å². The summed E-state index contributed by atoms with van der Waals surface area (Å²) in [5.41, 5.74) is -0.879. The molecule has 0 N–H and O–H groups in total.